The number of aromatic nitrogens is 2. The average molecular weight is 336 g/mol. The number of hydrogen-bond donors (Lipinski definition) is 0. The number of hydrogen-bond acceptors (Lipinski definition) is 3. The molecule has 1 aromatic carbocycles. The quantitative estimate of drug-likeness (QED) is 0.789. The fourth-order valence-electron chi connectivity index (χ4n) is 1.48. The fraction of sp³-hybridized carbons (Fsp3) is 0. The van der Waals surface area contributed by atoms with Gasteiger partial charge in [-0.3, -0.25) is 0 Å². The Morgan fingerprint density at radius 3 is 2.59 bits per heavy atom. The van der Waals surface area contributed by atoms with E-state index in [1.54, 1.807) is 0 Å². The van der Waals surface area contributed by atoms with Crippen molar-refractivity contribution in [2.75, 3.05) is 0 Å². The van der Waals surface area contributed by atoms with Crippen molar-refractivity contribution in [3.05, 3.63) is 52.5 Å². The van der Waals surface area contributed by atoms with E-state index in [-0.39, 0.29) is 20.7 Å². The van der Waals surface area contributed by atoms with Gasteiger partial charge in [0.1, 0.15) is 0 Å². The zero-order valence-corrected chi connectivity index (χ0v) is 11.0. The molecular weight excluding hydrogens is 327 g/mol. The van der Waals surface area contributed by atoms with Crippen LogP contribution < -0.4 is 0 Å². The molecule has 84 valence electrons. The molecule has 17 heavy (non-hydrogen) atoms. The Bertz CT molecular complexity index is 611. The lowest BCUT2D eigenvalue weighted by molar-refractivity contribution is 0.554. The van der Waals surface area contributed by atoms with E-state index in [2.05, 4.69) is 24.4 Å². The molecule has 0 spiro atoms. The van der Waals surface area contributed by atoms with Crippen LogP contribution in [0.2, 0.25) is 0 Å². The molecule has 3 rings (SSSR count). The molecule has 0 unspecified atom stereocenters. The molecule has 0 radical (unpaired) electrons. The minimum atomic E-state index is 0.00117. The standard InChI is InChI=1S/C13H9IN2O/c1-2-5-10(6-3-1)12-15-16-13(17-12)11-7-4-8-14-9-11/h1-9H. The second-order valence-electron chi connectivity index (χ2n) is 3.45. The van der Waals surface area contributed by atoms with Crippen LogP contribution in [0, 0.1) is 0 Å². The van der Waals surface area contributed by atoms with Gasteiger partial charge in [0.05, 0.1) is 0 Å². The molecule has 4 heteroatoms. The number of allylic oxidation sites excluding steroid dienone is 3. The van der Waals surface area contributed by atoms with Crippen LogP contribution in [0.4, 0.5) is 0 Å². The molecule has 0 amide bonds. The lowest BCUT2D eigenvalue weighted by atomic mass is 10.2. The molecule has 0 N–H and O–H groups in total. The summed E-state index contributed by atoms with van der Waals surface area (Å²) in [7, 11) is 0. The van der Waals surface area contributed by atoms with Gasteiger partial charge in [0, 0.05) is 11.1 Å². The summed E-state index contributed by atoms with van der Waals surface area (Å²) in [6.07, 6.45) is 4.06. The predicted octanol–water partition coefficient (Wildman–Crippen LogP) is 3.42. The Balaban J connectivity index is 1.96. The SMILES string of the molecule is C1=CC(c2nnc(-c3ccccc3)o2)=CI=C1. The number of benzene rings is 1. The molecule has 2 heterocycles. The highest BCUT2D eigenvalue weighted by molar-refractivity contribution is 14.2. The molecule has 0 aliphatic carbocycles. The van der Waals surface area contributed by atoms with Gasteiger partial charge in [-0.05, 0) is 26.3 Å². The van der Waals surface area contributed by atoms with Gasteiger partial charge in [-0.25, -0.2) is 0 Å². The number of nitrogens with zero attached hydrogens (tertiary/aromatic N) is 2. The van der Waals surface area contributed by atoms with Gasteiger partial charge in [-0.15, -0.1) is 10.2 Å². The van der Waals surface area contributed by atoms with E-state index in [1.807, 2.05) is 36.4 Å². The molecule has 3 nitrogen and oxygen atoms in total. The van der Waals surface area contributed by atoms with Crippen LogP contribution in [0.15, 0.2) is 51.0 Å². The van der Waals surface area contributed by atoms with Gasteiger partial charge >= 0.3 is 0 Å². The molecule has 0 saturated heterocycles. The second kappa shape index (κ2) is 4.75. The highest BCUT2D eigenvalue weighted by Gasteiger charge is 2.10. The van der Waals surface area contributed by atoms with E-state index in [4.69, 9.17) is 4.42 Å². The Morgan fingerprint density at radius 1 is 1.00 bits per heavy atom. The highest BCUT2D eigenvalue weighted by atomic mass is 127. The summed E-state index contributed by atoms with van der Waals surface area (Å²) in [4.78, 5) is 0. The monoisotopic (exact) mass is 336 g/mol. The first-order valence-corrected chi connectivity index (χ1v) is 7.64. The molecule has 1 aliphatic rings. The van der Waals surface area contributed by atoms with Gasteiger partial charge in [-0.1, -0.05) is 45.0 Å². The topological polar surface area (TPSA) is 38.9 Å². The Hall–Kier alpha value is -1.56. The van der Waals surface area contributed by atoms with E-state index in [9.17, 15) is 0 Å². The lowest BCUT2D eigenvalue weighted by Crippen LogP contribution is -1.81. The van der Waals surface area contributed by atoms with Gasteiger partial charge in [0.15, 0.2) is 0 Å². The van der Waals surface area contributed by atoms with Crippen molar-refractivity contribution in [1.82, 2.24) is 10.2 Å². The predicted molar refractivity (Wildman–Crippen MR) is 76.9 cm³/mol. The first-order chi connectivity index (χ1) is 8.43. The van der Waals surface area contributed by atoms with Crippen LogP contribution in [0.5, 0.6) is 0 Å². The van der Waals surface area contributed by atoms with E-state index in [0.717, 1.165) is 11.1 Å². The van der Waals surface area contributed by atoms with Crippen molar-refractivity contribution in [3.63, 3.8) is 0 Å². The lowest BCUT2D eigenvalue weighted by Gasteiger charge is -1.96. The largest absolute Gasteiger partial charge is 0.416 e. The van der Waals surface area contributed by atoms with Gasteiger partial charge in [0.2, 0.25) is 11.8 Å². The Morgan fingerprint density at radius 2 is 1.82 bits per heavy atom. The Labute approximate surface area is 109 Å². The van der Waals surface area contributed by atoms with Crippen LogP contribution in [0.1, 0.15) is 5.89 Å². The minimum Gasteiger partial charge on any atom is -0.416 e. The molecular formula is C13H9IN2O. The second-order valence-corrected chi connectivity index (χ2v) is 5.52. The molecule has 0 saturated carbocycles. The van der Waals surface area contributed by atoms with E-state index in [0.29, 0.717) is 11.8 Å². The van der Waals surface area contributed by atoms with Crippen molar-refractivity contribution in [2.45, 2.75) is 0 Å². The Kier molecular flexibility index (Phi) is 2.96. The summed E-state index contributed by atoms with van der Waals surface area (Å²) in [5.41, 5.74) is 1.99. The van der Waals surface area contributed by atoms with Gasteiger partial charge < -0.3 is 4.42 Å². The van der Waals surface area contributed by atoms with Crippen molar-refractivity contribution in [1.29, 1.82) is 0 Å². The smallest absolute Gasteiger partial charge is 0.248 e. The van der Waals surface area contributed by atoms with Crippen molar-refractivity contribution in [3.8, 4) is 11.5 Å². The van der Waals surface area contributed by atoms with Gasteiger partial charge in [0.25, 0.3) is 0 Å². The third-order valence-corrected chi connectivity index (χ3v) is 4.16. The van der Waals surface area contributed by atoms with Crippen molar-refractivity contribution in [2.24, 2.45) is 0 Å². The minimum absolute atomic E-state index is 0.00117. The summed E-state index contributed by atoms with van der Waals surface area (Å²) in [6, 6.07) is 9.80. The summed E-state index contributed by atoms with van der Waals surface area (Å²) < 4.78 is 10.0. The maximum absolute atomic E-state index is 5.67. The van der Waals surface area contributed by atoms with Crippen LogP contribution in [0.25, 0.3) is 17.0 Å². The van der Waals surface area contributed by atoms with E-state index < -0.39 is 0 Å². The van der Waals surface area contributed by atoms with Crippen molar-refractivity contribution < 1.29 is 4.42 Å². The van der Waals surface area contributed by atoms with Crippen LogP contribution >= 0.6 is 20.7 Å². The van der Waals surface area contributed by atoms with Crippen LogP contribution in [-0.4, -0.2) is 14.2 Å². The molecule has 0 fully saturated rings. The summed E-state index contributed by atoms with van der Waals surface area (Å²) >= 11 is 0.00117. The summed E-state index contributed by atoms with van der Waals surface area (Å²) in [6.45, 7) is 0. The zero-order chi connectivity index (χ0) is 11.5. The molecule has 0 bridgehead atoms. The highest BCUT2D eigenvalue weighted by Crippen LogP contribution is 2.24. The fourth-order valence-corrected chi connectivity index (χ4v) is 2.99. The number of halogens is 1. The van der Waals surface area contributed by atoms with Crippen LogP contribution in [-0.2, 0) is 0 Å². The van der Waals surface area contributed by atoms with E-state index >= 15 is 0 Å². The first kappa shape index (κ1) is 10.6. The summed E-state index contributed by atoms with van der Waals surface area (Å²) in [5.74, 6) is 1.18. The first-order valence-electron chi connectivity index (χ1n) is 5.15. The average Bonchev–Trinajstić information content (AvgIpc) is 2.90. The number of rotatable bonds is 2. The maximum atomic E-state index is 5.67. The summed E-state index contributed by atoms with van der Waals surface area (Å²) in [5, 5.41) is 8.16. The third-order valence-electron chi connectivity index (χ3n) is 2.29. The maximum Gasteiger partial charge on any atom is 0.248 e. The zero-order valence-electron chi connectivity index (χ0n) is 8.88. The third kappa shape index (κ3) is 2.26. The normalized spacial score (nSPS) is 14.2. The van der Waals surface area contributed by atoms with Crippen LogP contribution in [0.3, 0.4) is 0 Å². The van der Waals surface area contributed by atoms with E-state index in [1.165, 1.54) is 0 Å². The van der Waals surface area contributed by atoms with Crippen molar-refractivity contribution >= 4 is 30.3 Å². The molecule has 1 aromatic heterocycles. The molecule has 0 atom stereocenters. The van der Waals surface area contributed by atoms with Gasteiger partial charge in [-0.2, -0.15) is 0 Å². The molecule has 1 aliphatic heterocycles. The molecule has 2 aromatic rings.